The van der Waals surface area contributed by atoms with Crippen LogP contribution < -0.4 is 9.47 Å². The first-order chi connectivity index (χ1) is 13.2. The van der Waals surface area contributed by atoms with Crippen LogP contribution in [0.4, 0.5) is 0 Å². The molecule has 2 N–H and O–H groups in total. The van der Waals surface area contributed by atoms with Crippen LogP contribution in [0.2, 0.25) is 0 Å². The van der Waals surface area contributed by atoms with Crippen molar-refractivity contribution >= 4 is 24.3 Å². The molecule has 5 nitrogen and oxygen atoms in total. The maximum Gasteiger partial charge on any atom is 0.194 e. The summed E-state index contributed by atoms with van der Waals surface area (Å²) in [5, 5.41) is 0. The fourth-order valence-corrected chi connectivity index (χ4v) is 3.14. The van der Waals surface area contributed by atoms with Crippen LogP contribution in [-0.4, -0.2) is 42.4 Å². The van der Waals surface area contributed by atoms with Crippen molar-refractivity contribution in [2.24, 2.45) is 0 Å². The van der Waals surface area contributed by atoms with E-state index in [9.17, 15) is 4.79 Å². The smallest absolute Gasteiger partial charge is 0.194 e. The number of para-hydroxylation sites is 2. The van der Waals surface area contributed by atoms with Gasteiger partial charge in [-0.2, -0.15) is 0 Å². The number of allylic oxidation sites excluding steroid dienone is 1. The number of benzene rings is 2. The lowest BCUT2D eigenvalue weighted by Gasteiger charge is -2.26. The number of halogens is 1. The average molecular weight is 420 g/mol. The van der Waals surface area contributed by atoms with Crippen molar-refractivity contribution in [3.05, 3.63) is 65.9 Å². The van der Waals surface area contributed by atoms with Gasteiger partial charge in [0.25, 0.3) is 0 Å². The summed E-state index contributed by atoms with van der Waals surface area (Å²) < 4.78 is 11.9. The van der Waals surface area contributed by atoms with Crippen LogP contribution >= 0.6 is 12.4 Å². The topological polar surface area (TPSA) is 70.3 Å². The second-order valence-electron chi connectivity index (χ2n) is 6.78. The lowest BCUT2D eigenvalue weighted by atomic mass is 10.1. The van der Waals surface area contributed by atoms with E-state index in [2.05, 4.69) is 4.90 Å². The van der Waals surface area contributed by atoms with E-state index in [1.807, 2.05) is 54.6 Å². The summed E-state index contributed by atoms with van der Waals surface area (Å²) in [6, 6.07) is 17.2. The largest absolute Gasteiger partial charge is 0.488 e. The van der Waals surface area contributed by atoms with E-state index in [4.69, 9.17) is 9.47 Å². The van der Waals surface area contributed by atoms with E-state index >= 15 is 0 Å². The SMILES string of the molecule is CC(=O)/C(=C\c1ccccc1)Oc1ccccc1OCCN1CCCCC1.Cl.O. The van der Waals surface area contributed by atoms with E-state index in [-0.39, 0.29) is 23.7 Å². The van der Waals surface area contributed by atoms with Gasteiger partial charge < -0.3 is 14.9 Å². The highest BCUT2D eigenvalue weighted by molar-refractivity contribution is 5.96. The molecule has 0 saturated carbocycles. The standard InChI is InChI=1S/C23H27NO3.ClH.H2O/c1-19(25)23(18-20-10-4-2-5-11-20)27-22-13-7-6-12-21(22)26-17-16-24-14-8-3-9-15-24;;/h2,4-7,10-13,18H,3,8-9,14-17H2,1H3;1H;1H2/b23-18+;;. The minimum atomic E-state index is -0.123. The molecule has 0 spiro atoms. The molecule has 2 aromatic rings. The van der Waals surface area contributed by atoms with E-state index in [1.165, 1.54) is 26.2 Å². The number of ether oxygens (including phenoxy) is 2. The van der Waals surface area contributed by atoms with Crippen LogP contribution in [0.3, 0.4) is 0 Å². The van der Waals surface area contributed by atoms with Crippen LogP contribution in [0, 0.1) is 0 Å². The number of carbonyl (C=O) groups is 1. The Kier molecular flexibility index (Phi) is 11.1. The van der Waals surface area contributed by atoms with Crippen molar-refractivity contribution in [2.75, 3.05) is 26.2 Å². The fourth-order valence-electron chi connectivity index (χ4n) is 3.14. The number of carbonyl (C=O) groups excluding carboxylic acids is 1. The van der Waals surface area contributed by atoms with Gasteiger partial charge in [0.05, 0.1) is 0 Å². The maximum absolute atomic E-state index is 12.0. The summed E-state index contributed by atoms with van der Waals surface area (Å²) in [5.41, 5.74) is 0.922. The van der Waals surface area contributed by atoms with Crippen molar-refractivity contribution in [2.45, 2.75) is 26.2 Å². The zero-order valence-electron chi connectivity index (χ0n) is 16.8. The summed E-state index contributed by atoms with van der Waals surface area (Å²) in [7, 11) is 0. The Bertz CT molecular complexity index is 773. The molecule has 1 fully saturated rings. The van der Waals surface area contributed by atoms with Crippen molar-refractivity contribution in [3.8, 4) is 11.5 Å². The van der Waals surface area contributed by atoms with E-state index in [0.29, 0.717) is 23.9 Å². The predicted octanol–water partition coefficient (Wildman–Crippen LogP) is 4.16. The van der Waals surface area contributed by atoms with Gasteiger partial charge in [0.15, 0.2) is 23.0 Å². The van der Waals surface area contributed by atoms with Crippen LogP contribution in [0.15, 0.2) is 60.4 Å². The third-order valence-corrected chi connectivity index (χ3v) is 4.63. The number of ketones is 1. The molecule has 0 aliphatic carbocycles. The van der Waals surface area contributed by atoms with Crippen molar-refractivity contribution in [3.63, 3.8) is 0 Å². The molecule has 0 atom stereocenters. The zero-order chi connectivity index (χ0) is 18.9. The van der Waals surface area contributed by atoms with Gasteiger partial charge in [-0.15, -0.1) is 12.4 Å². The fraction of sp³-hybridized carbons (Fsp3) is 0.348. The third kappa shape index (κ3) is 7.89. The number of hydrogen-bond donors (Lipinski definition) is 0. The lowest BCUT2D eigenvalue weighted by molar-refractivity contribution is -0.115. The van der Waals surface area contributed by atoms with Gasteiger partial charge in [-0.25, -0.2) is 0 Å². The Hall–Kier alpha value is -2.34. The number of hydrogen-bond acceptors (Lipinski definition) is 4. The van der Waals surface area contributed by atoms with Gasteiger partial charge in [-0.1, -0.05) is 48.9 Å². The minimum Gasteiger partial charge on any atom is -0.488 e. The molecule has 6 heteroatoms. The molecule has 1 aliphatic heterocycles. The normalized spacial score (nSPS) is 14.3. The summed E-state index contributed by atoms with van der Waals surface area (Å²) in [4.78, 5) is 14.5. The molecule has 1 heterocycles. The molecule has 0 radical (unpaired) electrons. The summed E-state index contributed by atoms with van der Waals surface area (Å²) >= 11 is 0. The Morgan fingerprint density at radius 2 is 1.59 bits per heavy atom. The van der Waals surface area contributed by atoms with E-state index in [0.717, 1.165) is 25.2 Å². The van der Waals surface area contributed by atoms with Gasteiger partial charge in [-0.05, 0) is 49.7 Å². The van der Waals surface area contributed by atoms with E-state index < -0.39 is 0 Å². The van der Waals surface area contributed by atoms with Gasteiger partial charge in [0.1, 0.15) is 6.61 Å². The number of nitrogens with zero attached hydrogens (tertiary/aromatic N) is 1. The van der Waals surface area contributed by atoms with Crippen LogP contribution in [0.25, 0.3) is 6.08 Å². The van der Waals surface area contributed by atoms with E-state index in [1.54, 1.807) is 6.08 Å². The molecule has 1 saturated heterocycles. The van der Waals surface area contributed by atoms with Gasteiger partial charge >= 0.3 is 0 Å². The highest BCUT2D eigenvalue weighted by Crippen LogP contribution is 2.29. The van der Waals surface area contributed by atoms with Crippen molar-refractivity contribution < 1.29 is 19.7 Å². The molecule has 29 heavy (non-hydrogen) atoms. The molecule has 0 aromatic heterocycles. The van der Waals surface area contributed by atoms with Crippen LogP contribution in [-0.2, 0) is 4.79 Å². The minimum absolute atomic E-state index is 0. The Labute approximate surface area is 179 Å². The summed E-state index contributed by atoms with van der Waals surface area (Å²) in [6.07, 6.45) is 5.63. The van der Waals surface area contributed by atoms with Crippen molar-refractivity contribution in [1.82, 2.24) is 4.90 Å². The molecule has 0 unspecified atom stereocenters. The number of piperidine rings is 1. The highest BCUT2D eigenvalue weighted by atomic mass is 35.5. The first-order valence-electron chi connectivity index (χ1n) is 9.62. The predicted molar refractivity (Wildman–Crippen MR) is 119 cm³/mol. The molecule has 2 aromatic carbocycles. The van der Waals surface area contributed by atoms with Crippen LogP contribution in [0.5, 0.6) is 11.5 Å². The Balaban J connectivity index is 0.00000210. The monoisotopic (exact) mass is 419 g/mol. The summed E-state index contributed by atoms with van der Waals surface area (Å²) in [5.74, 6) is 1.40. The molecule has 0 bridgehead atoms. The third-order valence-electron chi connectivity index (χ3n) is 4.63. The first-order valence-corrected chi connectivity index (χ1v) is 9.62. The Morgan fingerprint density at radius 3 is 2.24 bits per heavy atom. The number of Topliss-reactive ketones (excluding diaryl/α,β-unsaturated/α-hetero) is 1. The molecule has 158 valence electrons. The zero-order valence-corrected chi connectivity index (χ0v) is 17.6. The number of rotatable bonds is 8. The quantitative estimate of drug-likeness (QED) is 0.476. The lowest BCUT2D eigenvalue weighted by Crippen LogP contribution is -2.33. The number of likely N-dealkylation sites (tertiary alicyclic amines) is 1. The molecular weight excluding hydrogens is 390 g/mol. The summed E-state index contributed by atoms with van der Waals surface area (Å²) in [6.45, 7) is 5.33. The molecular formula is C23H30ClNO4. The maximum atomic E-state index is 12.0. The average Bonchev–Trinajstić information content (AvgIpc) is 2.70. The highest BCUT2D eigenvalue weighted by Gasteiger charge is 2.13. The first kappa shape index (κ1) is 24.7. The molecule has 3 rings (SSSR count). The van der Waals surface area contributed by atoms with Gasteiger partial charge in [0.2, 0.25) is 0 Å². The van der Waals surface area contributed by atoms with Gasteiger partial charge in [-0.3, -0.25) is 9.69 Å². The molecule has 1 aliphatic rings. The van der Waals surface area contributed by atoms with Crippen molar-refractivity contribution in [1.29, 1.82) is 0 Å². The van der Waals surface area contributed by atoms with Crippen LogP contribution in [0.1, 0.15) is 31.7 Å². The second kappa shape index (κ2) is 13.0. The second-order valence-corrected chi connectivity index (χ2v) is 6.78. The Morgan fingerprint density at radius 1 is 0.966 bits per heavy atom. The van der Waals surface area contributed by atoms with Gasteiger partial charge in [0, 0.05) is 13.5 Å². The molecule has 0 amide bonds.